The number of amides is 1. The molecule has 0 radical (unpaired) electrons. The van der Waals surface area contributed by atoms with Crippen LogP contribution in [-0.2, 0) is 19.8 Å². The molecule has 9 heteroatoms. The summed E-state index contributed by atoms with van der Waals surface area (Å²) in [6.45, 7) is -0.184. The number of carbonyl (C=O) groups excluding carboxylic acids is 1. The minimum Gasteiger partial charge on any atom is -0.479 e. The fourth-order valence-corrected chi connectivity index (χ4v) is 3.34. The molecule has 6 nitrogen and oxygen atoms in total. The van der Waals surface area contributed by atoms with E-state index in [-0.39, 0.29) is 18.5 Å². The quantitative estimate of drug-likeness (QED) is 0.815. The van der Waals surface area contributed by atoms with Crippen molar-refractivity contribution in [1.29, 1.82) is 0 Å². The van der Waals surface area contributed by atoms with Crippen LogP contribution in [0.1, 0.15) is 18.0 Å². The summed E-state index contributed by atoms with van der Waals surface area (Å²) >= 11 is 0. The van der Waals surface area contributed by atoms with Crippen LogP contribution in [0.2, 0.25) is 0 Å². The lowest BCUT2D eigenvalue weighted by atomic mass is 10.1. The second kappa shape index (κ2) is 5.99. The molecule has 0 aromatic heterocycles. The van der Waals surface area contributed by atoms with Crippen molar-refractivity contribution in [3.8, 4) is 0 Å². The molecular formula is C13H13F2NO5S. The predicted octanol–water partition coefficient (Wildman–Crippen LogP) is 1.10. The van der Waals surface area contributed by atoms with Crippen LogP contribution in [0.15, 0.2) is 24.3 Å². The number of nitrogens with zero attached hydrogens (tertiary/aromatic N) is 1. The Morgan fingerprint density at radius 2 is 1.95 bits per heavy atom. The van der Waals surface area contributed by atoms with Crippen molar-refractivity contribution in [2.75, 3.05) is 12.3 Å². The van der Waals surface area contributed by atoms with Gasteiger partial charge in [0.2, 0.25) is 5.91 Å². The highest BCUT2D eigenvalue weighted by molar-refractivity contribution is 7.86. The smallest absolute Gasteiger partial charge is 0.331 e. The molecule has 2 unspecified atom stereocenters. The Morgan fingerprint density at radius 3 is 2.45 bits per heavy atom. The zero-order chi connectivity index (χ0) is 16.5. The van der Waals surface area contributed by atoms with Gasteiger partial charge in [-0.2, -0.15) is 8.42 Å². The van der Waals surface area contributed by atoms with Gasteiger partial charge in [0.15, 0.2) is 6.04 Å². The summed E-state index contributed by atoms with van der Waals surface area (Å²) in [5, 5.41) is 9.31. The van der Waals surface area contributed by atoms with Crippen molar-refractivity contribution in [1.82, 2.24) is 4.90 Å². The third kappa shape index (κ3) is 3.79. The Hall–Kier alpha value is -2.03. The zero-order valence-corrected chi connectivity index (χ0v) is 12.1. The number of hydrogen-bond donors (Lipinski definition) is 1. The van der Waals surface area contributed by atoms with Crippen molar-refractivity contribution in [3.63, 3.8) is 0 Å². The maximum Gasteiger partial charge on any atom is 0.331 e. The second-order valence-electron chi connectivity index (χ2n) is 5.11. The normalized spacial score (nSPS) is 20.2. The molecule has 22 heavy (non-hydrogen) atoms. The lowest BCUT2D eigenvalue weighted by Gasteiger charge is -2.25. The third-order valence-electron chi connectivity index (χ3n) is 3.40. The second-order valence-corrected chi connectivity index (χ2v) is 6.53. The topological polar surface area (TPSA) is 91.8 Å². The fraction of sp³-hybridized carbons (Fsp3) is 0.385. The van der Waals surface area contributed by atoms with Crippen LogP contribution in [0.5, 0.6) is 0 Å². The molecule has 0 spiro atoms. The van der Waals surface area contributed by atoms with Gasteiger partial charge in [0.05, 0.1) is 5.75 Å². The lowest BCUT2D eigenvalue weighted by molar-refractivity contribution is -0.148. The van der Waals surface area contributed by atoms with Gasteiger partial charge in [-0.15, -0.1) is 3.89 Å². The molecule has 1 amide bonds. The number of carboxylic acids is 1. The van der Waals surface area contributed by atoms with Crippen LogP contribution in [0.3, 0.4) is 0 Å². The Labute approximate surface area is 125 Å². The summed E-state index contributed by atoms with van der Waals surface area (Å²) in [5.74, 6) is -4.09. The van der Waals surface area contributed by atoms with Crippen molar-refractivity contribution >= 4 is 22.1 Å². The van der Waals surface area contributed by atoms with E-state index in [4.69, 9.17) is 0 Å². The molecule has 1 aliphatic rings. The summed E-state index contributed by atoms with van der Waals surface area (Å²) in [6.07, 6.45) is -0.242. The van der Waals surface area contributed by atoms with E-state index in [0.29, 0.717) is 0 Å². The summed E-state index contributed by atoms with van der Waals surface area (Å²) in [5.41, 5.74) is 0.186. The molecule has 0 saturated carbocycles. The molecule has 1 aromatic rings. The van der Waals surface area contributed by atoms with Crippen LogP contribution >= 0.6 is 0 Å². The molecule has 2 rings (SSSR count). The first-order valence-corrected chi connectivity index (χ1v) is 7.92. The van der Waals surface area contributed by atoms with Gasteiger partial charge in [-0.1, -0.05) is 12.1 Å². The molecule has 1 heterocycles. The van der Waals surface area contributed by atoms with Crippen LogP contribution in [-0.4, -0.2) is 42.6 Å². The monoisotopic (exact) mass is 333 g/mol. The first-order chi connectivity index (χ1) is 10.2. The molecule has 2 atom stereocenters. The van der Waals surface area contributed by atoms with E-state index in [1.165, 1.54) is 12.1 Å². The number of carbonyl (C=O) groups is 2. The van der Waals surface area contributed by atoms with Crippen LogP contribution in [0.25, 0.3) is 0 Å². The van der Waals surface area contributed by atoms with Gasteiger partial charge in [0, 0.05) is 18.9 Å². The Kier molecular flexibility index (Phi) is 4.45. The predicted molar refractivity (Wildman–Crippen MR) is 71.5 cm³/mol. The van der Waals surface area contributed by atoms with Crippen LogP contribution in [0.4, 0.5) is 8.28 Å². The molecule has 1 fully saturated rings. The maximum absolute atomic E-state index is 12.9. The molecule has 120 valence electrons. The summed E-state index contributed by atoms with van der Waals surface area (Å²) in [4.78, 5) is 24.3. The number of benzene rings is 1. The average molecular weight is 333 g/mol. The van der Waals surface area contributed by atoms with Gasteiger partial charge in [0.1, 0.15) is 5.82 Å². The van der Waals surface area contributed by atoms with Crippen molar-refractivity contribution < 1.29 is 31.4 Å². The Bertz CT molecular complexity index is 689. The number of aliphatic carboxylic acids is 1. The summed E-state index contributed by atoms with van der Waals surface area (Å²) in [6, 6.07) is 3.24. The van der Waals surface area contributed by atoms with Gasteiger partial charge in [0.25, 0.3) is 0 Å². The average Bonchev–Trinajstić information content (AvgIpc) is 2.70. The molecular weight excluding hydrogens is 320 g/mol. The Balaban J connectivity index is 2.24. The van der Waals surface area contributed by atoms with Crippen molar-refractivity contribution in [2.45, 2.75) is 12.5 Å². The van der Waals surface area contributed by atoms with Gasteiger partial charge in [-0.3, -0.25) is 4.79 Å². The third-order valence-corrected chi connectivity index (χ3v) is 4.27. The van der Waals surface area contributed by atoms with Crippen molar-refractivity contribution in [2.24, 2.45) is 5.92 Å². The fourth-order valence-electron chi connectivity index (χ4n) is 2.55. The van der Waals surface area contributed by atoms with E-state index in [1.54, 1.807) is 0 Å². The first kappa shape index (κ1) is 16.3. The minimum atomic E-state index is -4.75. The van der Waals surface area contributed by atoms with E-state index in [9.17, 15) is 31.4 Å². The summed E-state index contributed by atoms with van der Waals surface area (Å²) in [7, 11) is -4.75. The summed E-state index contributed by atoms with van der Waals surface area (Å²) < 4.78 is 46.9. The minimum absolute atomic E-state index is 0.184. The van der Waals surface area contributed by atoms with E-state index < -0.39 is 45.6 Å². The van der Waals surface area contributed by atoms with E-state index in [2.05, 4.69) is 0 Å². The molecule has 1 aliphatic heterocycles. The number of hydrogen-bond acceptors (Lipinski definition) is 4. The number of rotatable bonds is 5. The largest absolute Gasteiger partial charge is 0.479 e. The molecule has 1 aromatic carbocycles. The number of likely N-dealkylation sites (tertiary alicyclic amines) is 1. The van der Waals surface area contributed by atoms with E-state index in [1.807, 2.05) is 0 Å². The SMILES string of the molecule is O=C(O)C(c1ccc(F)cc1)N1CC(CS(=O)(=O)F)CC1=O. The lowest BCUT2D eigenvalue weighted by Crippen LogP contribution is -2.35. The number of carboxylic acid groups (broad SMARTS) is 1. The molecule has 1 N–H and O–H groups in total. The van der Waals surface area contributed by atoms with Crippen LogP contribution < -0.4 is 0 Å². The molecule has 0 bridgehead atoms. The van der Waals surface area contributed by atoms with Gasteiger partial charge < -0.3 is 10.0 Å². The standard InChI is InChI=1S/C13H13F2NO5S/c14-10-3-1-9(2-4-10)12(13(18)19)16-6-8(5-11(16)17)7-22(15,20)21/h1-4,8,12H,5-7H2,(H,18,19). The van der Waals surface area contributed by atoms with Gasteiger partial charge >= 0.3 is 16.2 Å². The zero-order valence-electron chi connectivity index (χ0n) is 11.3. The molecule has 0 aliphatic carbocycles. The maximum atomic E-state index is 12.9. The number of halogens is 2. The van der Waals surface area contributed by atoms with Crippen molar-refractivity contribution in [3.05, 3.63) is 35.6 Å². The van der Waals surface area contributed by atoms with Gasteiger partial charge in [-0.05, 0) is 17.7 Å². The highest BCUT2D eigenvalue weighted by Crippen LogP contribution is 2.30. The highest BCUT2D eigenvalue weighted by Gasteiger charge is 2.40. The van der Waals surface area contributed by atoms with E-state index in [0.717, 1.165) is 17.0 Å². The van der Waals surface area contributed by atoms with Crippen LogP contribution in [0, 0.1) is 11.7 Å². The Morgan fingerprint density at radius 1 is 1.36 bits per heavy atom. The highest BCUT2D eigenvalue weighted by atomic mass is 32.3. The van der Waals surface area contributed by atoms with Gasteiger partial charge in [-0.25, -0.2) is 9.18 Å². The first-order valence-electron chi connectivity index (χ1n) is 6.37. The van der Waals surface area contributed by atoms with E-state index >= 15 is 0 Å². The molecule has 1 saturated heterocycles.